The fourth-order valence-electron chi connectivity index (χ4n) is 4.74. The zero-order valence-electron chi connectivity index (χ0n) is 19.9. The molecular formula is C27H25N3O6S. The van der Waals surface area contributed by atoms with E-state index in [2.05, 4.69) is 5.32 Å². The molecular weight excluding hydrogens is 494 g/mol. The molecule has 1 N–H and O–H groups in total. The number of nitrogens with zero attached hydrogens (tertiary/aromatic N) is 2. The maximum absolute atomic E-state index is 13.5. The first kappa shape index (κ1) is 24.7. The summed E-state index contributed by atoms with van der Waals surface area (Å²) in [6, 6.07) is 20.0. The van der Waals surface area contributed by atoms with Crippen molar-refractivity contribution in [3.63, 3.8) is 0 Å². The maximum Gasteiger partial charge on any atom is 0.299 e. The second-order valence-corrected chi connectivity index (χ2v) is 10.8. The van der Waals surface area contributed by atoms with E-state index in [4.69, 9.17) is 4.74 Å². The van der Waals surface area contributed by atoms with Crippen LogP contribution in [0.25, 0.3) is 0 Å². The van der Waals surface area contributed by atoms with Crippen LogP contribution in [0.3, 0.4) is 0 Å². The molecule has 3 aromatic carbocycles. The van der Waals surface area contributed by atoms with Crippen molar-refractivity contribution in [2.75, 3.05) is 23.4 Å². The molecule has 0 aromatic heterocycles. The Labute approximate surface area is 214 Å². The quantitative estimate of drug-likeness (QED) is 0.343. The van der Waals surface area contributed by atoms with E-state index in [0.717, 1.165) is 0 Å². The lowest BCUT2D eigenvalue weighted by molar-refractivity contribution is -0.114. The van der Waals surface area contributed by atoms with Crippen LogP contribution in [0.1, 0.15) is 28.8 Å². The molecule has 9 nitrogen and oxygen atoms in total. The van der Waals surface area contributed by atoms with Crippen LogP contribution >= 0.6 is 0 Å². The van der Waals surface area contributed by atoms with E-state index in [1.54, 1.807) is 24.3 Å². The van der Waals surface area contributed by atoms with Gasteiger partial charge in [-0.15, -0.1) is 0 Å². The fourth-order valence-corrected chi connectivity index (χ4v) is 6.45. The smallest absolute Gasteiger partial charge is 0.299 e. The Kier molecular flexibility index (Phi) is 6.77. The van der Waals surface area contributed by atoms with Crippen molar-refractivity contribution < 1.29 is 27.5 Å². The first-order valence-corrected chi connectivity index (χ1v) is 13.3. The van der Waals surface area contributed by atoms with Crippen molar-refractivity contribution in [1.82, 2.24) is 4.31 Å². The van der Waals surface area contributed by atoms with E-state index < -0.39 is 21.7 Å². The van der Waals surface area contributed by atoms with E-state index in [-0.39, 0.29) is 29.7 Å². The van der Waals surface area contributed by atoms with Crippen LogP contribution in [-0.2, 0) is 26.2 Å². The number of fused-ring (bicyclic) bond motifs is 1. The summed E-state index contributed by atoms with van der Waals surface area (Å²) in [5, 5.41) is 2.55. The molecule has 0 bridgehead atoms. The van der Waals surface area contributed by atoms with Gasteiger partial charge in [0.1, 0.15) is 12.4 Å². The van der Waals surface area contributed by atoms with Crippen molar-refractivity contribution >= 4 is 39.5 Å². The number of para-hydroxylation sites is 1. The molecule has 2 heterocycles. The molecule has 1 atom stereocenters. The van der Waals surface area contributed by atoms with Crippen LogP contribution in [0.2, 0.25) is 0 Å². The highest BCUT2D eigenvalue weighted by Gasteiger charge is 2.40. The normalized spacial score (nSPS) is 17.6. The SMILES string of the molecule is O=CNc1cccc(CN2C(=O)C(=O)c3cc(S(=O)(=O)N4CCCC4COc4ccccc4)ccc32)c1. The van der Waals surface area contributed by atoms with Crippen molar-refractivity contribution in [2.24, 2.45) is 0 Å². The number of nitrogens with one attached hydrogen (secondary N) is 1. The van der Waals surface area contributed by atoms with Crippen molar-refractivity contribution in [3.8, 4) is 5.75 Å². The van der Waals surface area contributed by atoms with Crippen molar-refractivity contribution in [2.45, 2.75) is 30.3 Å². The first-order chi connectivity index (χ1) is 17.9. The van der Waals surface area contributed by atoms with Gasteiger partial charge in [-0.3, -0.25) is 14.4 Å². The summed E-state index contributed by atoms with van der Waals surface area (Å²) in [7, 11) is -3.91. The average molecular weight is 520 g/mol. The van der Waals surface area contributed by atoms with Gasteiger partial charge in [0.05, 0.1) is 28.7 Å². The summed E-state index contributed by atoms with van der Waals surface area (Å²) in [5.41, 5.74) is 1.68. The minimum absolute atomic E-state index is 0.0296. The summed E-state index contributed by atoms with van der Waals surface area (Å²) < 4.78 is 34.3. The topological polar surface area (TPSA) is 113 Å². The Balaban J connectivity index is 1.37. The van der Waals surface area contributed by atoms with Crippen molar-refractivity contribution in [1.29, 1.82) is 0 Å². The predicted molar refractivity (Wildman–Crippen MR) is 137 cm³/mol. The van der Waals surface area contributed by atoms with Crippen LogP contribution in [0.4, 0.5) is 11.4 Å². The number of ether oxygens (including phenoxy) is 1. The first-order valence-electron chi connectivity index (χ1n) is 11.9. The lowest BCUT2D eigenvalue weighted by Gasteiger charge is -2.24. The summed E-state index contributed by atoms with van der Waals surface area (Å²) in [5.74, 6) is -0.811. The third kappa shape index (κ3) is 4.85. The molecule has 0 aliphatic carbocycles. The van der Waals surface area contributed by atoms with E-state index in [1.807, 2.05) is 30.3 Å². The van der Waals surface area contributed by atoms with Gasteiger partial charge < -0.3 is 15.0 Å². The Morgan fingerprint density at radius 3 is 2.59 bits per heavy atom. The fraction of sp³-hybridized carbons (Fsp3) is 0.222. The Bertz CT molecular complexity index is 1460. The number of carbonyl (C=O) groups excluding carboxylic acids is 3. The molecule has 2 amide bonds. The van der Waals surface area contributed by atoms with Gasteiger partial charge in [-0.05, 0) is 60.9 Å². The number of carbonyl (C=O) groups is 3. The van der Waals surface area contributed by atoms with Gasteiger partial charge >= 0.3 is 0 Å². The number of hydrogen-bond donors (Lipinski definition) is 1. The van der Waals surface area contributed by atoms with Gasteiger partial charge in [0.25, 0.3) is 11.7 Å². The average Bonchev–Trinajstić information content (AvgIpc) is 3.48. The van der Waals surface area contributed by atoms with Gasteiger partial charge in [0.15, 0.2) is 0 Å². The molecule has 1 unspecified atom stereocenters. The molecule has 10 heteroatoms. The van der Waals surface area contributed by atoms with E-state index in [1.165, 1.54) is 27.4 Å². The molecule has 37 heavy (non-hydrogen) atoms. The molecule has 2 aliphatic rings. The lowest BCUT2D eigenvalue weighted by atomic mass is 10.1. The maximum atomic E-state index is 13.5. The lowest BCUT2D eigenvalue weighted by Crippen LogP contribution is -2.39. The van der Waals surface area contributed by atoms with Crippen molar-refractivity contribution in [3.05, 3.63) is 83.9 Å². The highest BCUT2D eigenvalue weighted by molar-refractivity contribution is 7.89. The molecule has 3 aromatic rings. The third-order valence-electron chi connectivity index (χ3n) is 6.55. The monoisotopic (exact) mass is 519 g/mol. The van der Waals surface area contributed by atoms with Crippen LogP contribution < -0.4 is 15.0 Å². The number of amides is 2. The zero-order valence-corrected chi connectivity index (χ0v) is 20.7. The molecule has 5 rings (SSSR count). The van der Waals surface area contributed by atoms with Crippen LogP contribution in [0, 0.1) is 0 Å². The summed E-state index contributed by atoms with van der Waals surface area (Å²) >= 11 is 0. The number of ketones is 1. The van der Waals surface area contributed by atoms with Gasteiger partial charge in [0.2, 0.25) is 16.4 Å². The third-order valence-corrected chi connectivity index (χ3v) is 8.50. The van der Waals surface area contributed by atoms with Crippen LogP contribution in [-0.4, -0.2) is 50.0 Å². The number of sulfonamides is 1. The molecule has 190 valence electrons. The molecule has 1 fully saturated rings. The Hall–Kier alpha value is -4.02. The molecule has 1 saturated heterocycles. The van der Waals surface area contributed by atoms with E-state index in [9.17, 15) is 22.8 Å². The number of hydrogen-bond acceptors (Lipinski definition) is 6. The minimum Gasteiger partial charge on any atom is -0.492 e. The molecule has 0 radical (unpaired) electrons. The van der Waals surface area contributed by atoms with Crippen LogP contribution in [0.5, 0.6) is 5.75 Å². The van der Waals surface area contributed by atoms with Gasteiger partial charge in [-0.2, -0.15) is 4.31 Å². The van der Waals surface area contributed by atoms with Gasteiger partial charge in [0, 0.05) is 12.2 Å². The summed E-state index contributed by atoms with van der Waals surface area (Å²) in [4.78, 5) is 37.6. The second-order valence-electron chi connectivity index (χ2n) is 8.90. The minimum atomic E-state index is -3.91. The number of rotatable bonds is 9. The molecule has 0 spiro atoms. The molecule has 0 saturated carbocycles. The molecule has 2 aliphatic heterocycles. The summed E-state index contributed by atoms with van der Waals surface area (Å²) in [6.45, 7) is 0.673. The van der Waals surface area contributed by atoms with Crippen LogP contribution in [0.15, 0.2) is 77.7 Å². The van der Waals surface area contributed by atoms with Gasteiger partial charge in [-0.1, -0.05) is 30.3 Å². The second kappa shape index (κ2) is 10.2. The summed E-state index contributed by atoms with van der Waals surface area (Å²) in [6.07, 6.45) is 1.93. The number of Topliss-reactive ketones (excluding diaryl/α,β-unsaturated/α-hetero) is 1. The highest BCUT2D eigenvalue weighted by atomic mass is 32.2. The standard InChI is InChI=1S/C27H25N3O6S/c31-18-28-20-7-4-6-19(14-20)16-29-25-12-11-23(15-24(25)26(32)27(29)33)37(34,35)30-13-5-8-21(30)17-36-22-9-2-1-3-10-22/h1-4,6-7,9-12,14-15,18,21H,5,8,13,16-17H2,(H,28,31). The highest BCUT2D eigenvalue weighted by Crippen LogP contribution is 2.35. The Morgan fingerprint density at radius 1 is 1.00 bits per heavy atom. The predicted octanol–water partition coefficient (Wildman–Crippen LogP) is 3.22. The number of benzene rings is 3. The van der Waals surface area contributed by atoms with Gasteiger partial charge in [-0.25, -0.2) is 8.42 Å². The number of anilines is 2. The zero-order chi connectivity index (χ0) is 26.0. The van der Waals surface area contributed by atoms with E-state index >= 15 is 0 Å². The largest absolute Gasteiger partial charge is 0.492 e. The Morgan fingerprint density at radius 2 is 1.81 bits per heavy atom. The van der Waals surface area contributed by atoms with E-state index in [0.29, 0.717) is 48.5 Å².